The van der Waals surface area contributed by atoms with E-state index in [4.69, 9.17) is 4.74 Å². The zero-order valence-corrected chi connectivity index (χ0v) is 15.5. The third-order valence-electron chi connectivity index (χ3n) is 3.84. The lowest BCUT2D eigenvalue weighted by molar-refractivity contribution is -0.142. The number of thioether (sulfide) groups is 1. The van der Waals surface area contributed by atoms with E-state index in [0.29, 0.717) is 11.6 Å². The molecule has 7 heteroatoms. The van der Waals surface area contributed by atoms with Crippen molar-refractivity contribution in [2.75, 3.05) is 6.61 Å². The van der Waals surface area contributed by atoms with Gasteiger partial charge in [0.05, 0.1) is 24.2 Å². The fourth-order valence-corrected chi connectivity index (χ4v) is 3.37. The number of fused-ring (bicyclic) bond motifs is 1. The molecule has 1 unspecified atom stereocenters. The van der Waals surface area contributed by atoms with Gasteiger partial charge in [0.25, 0.3) is 0 Å². The number of rotatable bonds is 5. The van der Waals surface area contributed by atoms with Gasteiger partial charge in [0.1, 0.15) is 15.8 Å². The number of esters is 1. The maximum atomic E-state index is 12.0. The minimum Gasteiger partial charge on any atom is -0.465 e. The summed E-state index contributed by atoms with van der Waals surface area (Å²) in [5, 5.41) is 14.2. The zero-order valence-electron chi connectivity index (χ0n) is 14.7. The van der Waals surface area contributed by atoms with E-state index in [0.717, 1.165) is 22.3 Å². The van der Waals surface area contributed by atoms with E-state index in [1.54, 1.807) is 13.1 Å². The van der Waals surface area contributed by atoms with E-state index < -0.39 is 0 Å². The molecule has 0 bridgehead atoms. The fourth-order valence-electron chi connectivity index (χ4n) is 2.48. The highest BCUT2D eigenvalue weighted by Gasteiger charge is 2.21. The Morgan fingerprint density at radius 3 is 2.64 bits per heavy atom. The van der Waals surface area contributed by atoms with Crippen molar-refractivity contribution in [1.29, 1.82) is 0 Å². The second-order valence-corrected chi connectivity index (χ2v) is 7.09. The van der Waals surface area contributed by atoms with Crippen LogP contribution in [0.3, 0.4) is 0 Å². The van der Waals surface area contributed by atoms with Crippen molar-refractivity contribution in [1.82, 2.24) is 20.0 Å². The number of hydrogen-bond acceptors (Lipinski definition) is 6. The molecule has 6 nitrogen and oxygen atoms in total. The molecule has 1 aromatic carbocycles. The van der Waals surface area contributed by atoms with E-state index in [9.17, 15) is 4.79 Å². The topological polar surface area (TPSA) is 69.9 Å². The van der Waals surface area contributed by atoms with Gasteiger partial charge in [0.15, 0.2) is 0 Å². The van der Waals surface area contributed by atoms with Crippen LogP contribution in [0, 0.1) is 13.8 Å². The van der Waals surface area contributed by atoms with Crippen molar-refractivity contribution in [2.24, 2.45) is 0 Å². The molecule has 0 radical (unpaired) electrons. The minimum absolute atomic E-state index is 0.260. The Hall–Kier alpha value is -2.41. The Kier molecular flexibility index (Phi) is 5.03. The molecule has 0 saturated carbocycles. The highest BCUT2D eigenvalue weighted by atomic mass is 32.2. The molecule has 3 rings (SSSR count). The monoisotopic (exact) mass is 356 g/mol. The summed E-state index contributed by atoms with van der Waals surface area (Å²) in [6, 6.07) is 8.11. The standard InChI is InChI=1S/C18H20N4O2S/c1-5-24-18(23)13(4)25-17-16-15(12(3)20-21-17)10-19-22(16)14-8-6-11(2)7-9-14/h6-10,13H,5H2,1-4H3. The summed E-state index contributed by atoms with van der Waals surface area (Å²) in [6.45, 7) is 7.91. The molecular formula is C18H20N4O2S. The number of nitrogens with zero attached hydrogens (tertiary/aromatic N) is 4. The van der Waals surface area contributed by atoms with Crippen LogP contribution >= 0.6 is 11.8 Å². The first-order valence-electron chi connectivity index (χ1n) is 8.12. The third-order valence-corrected chi connectivity index (χ3v) is 4.88. The van der Waals surface area contributed by atoms with Crippen molar-refractivity contribution in [3.05, 3.63) is 41.7 Å². The zero-order chi connectivity index (χ0) is 18.0. The predicted molar refractivity (Wildman–Crippen MR) is 98.1 cm³/mol. The lowest BCUT2D eigenvalue weighted by Crippen LogP contribution is -2.17. The molecule has 0 N–H and O–H groups in total. The van der Waals surface area contributed by atoms with Crippen molar-refractivity contribution >= 4 is 28.6 Å². The highest BCUT2D eigenvalue weighted by Crippen LogP contribution is 2.31. The van der Waals surface area contributed by atoms with Gasteiger partial charge in [-0.25, -0.2) is 4.68 Å². The molecule has 0 spiro atoms. The first-order valence-corrected chi connectivity index (χ1v) is 9.00. The van der Waals surface area contributed by atoms with Crippen LogP contribution in [0.4, 0.5) is 0 Å². The number of aryl methyl sites for hydroxylation is 2. The van der Waals surface area contributed by atoms with Gasteiger partial charge in [0.2, 0.25) is 0 Å². The van der Waals surface area contributed by atoms with Gasteiger partial charge in [-0.15, -0.1) is 5.10 Å². The molecule has 0 amide bonds. The Balaban J connectivity index is 2.07. The van der Waals surface area contributed by atoms with Gasteiger partial charge in [-0.2, -0.15) is 10.2 Å². The molecular weight excluding hydrogens is 336 g/mol. The summed E-state index contributed by atoms with van der Waals surface area (Å²) in [5.41, 5.74) is 3.79. The first-order chi connectivity index (χ1) is 12.0. The molecule has 25 heavy (non-hydrogen) atoms. The van der Waals surface area contributed by atoms with Crippen molar-refractivity contribution < 1.29 is 9.53 Å². The maximum Gasteiger partial charge on any atom is 0.319 e. The third kappa shape index (κ3) is 3.51. The van der Waals surface area contributed by atoms with E-state index >= 15 is 0 Å². The molecule has 0 aliphatic carbocycles. The number of carbonyl (C=O) groups is 1. The van der Waals surface area contributed by atoms with E-state index in [2.05, 4.69) is 15.3 Å². The van der Waals surface area contributed by atoms with Crippen molar-refractivity contribution in [3.8, 4) is 5.69 Å². The van der Waals surface area contributed by atoms with E-state index in [-0.39, 0.29) is 11.2 Å². The molecule has 1 atom stereocenters. The number of ether oxygens (including phenoxy) is 1. The molecule has 0 fully saturated rings. The molecule has 0 aliphatic heterocycles. The van der Waals surface area contributed by atoms with Crippen molar-refractivity contribution in [2.45, 2.75) is 38.0 Å². The Morgan fingerprint density at radius 2 is 1.96 bits per heavy atom. The van der Waals surface area contributed by atoms with Gasteiger partial charge >= 0.3 is 5.97 Å². The Bertz CT molecular complexity index is 905. The number of carbonyl (C=O) groups excluding carboxylic acids is 1. The minimum atomic E-state index is -0.374. The van der Waals surface area contributed by atoms with E-state index in [1.165, 1.54) is 17.3 Å². The maximum absolute atomic E-state index is 12.0. The summed E-state index contributed by atoms with van der Waals surface area (Å²) in [5.74, 6) is -0.260. The summed E-state index contributed by atoms with van der Waals surface area (Å²) in [6.07, 6.45) is 1.79. The second-order valence-electron chi connectivity index (χ2n) is 5.76. The smallest absolute Gasteiger partial charge is 0.319 e. The number of benzene rings is 1. The van der Waals surface area contributed by atoms with Gasteiger partial charge in [-0.1, -0.05) is 29.5 Å². The first kappa shape index (κ1) is 17.4. The summed E-state index contributed by atoms with van der Waals surface area (Å²) in [4.78, 5) is 12.0. The van der Waals surface area contributed by atoms with Gasteiger partial charge < -0.3 is 4.74 Å². The van der Waals surface area contributed by atoms with Crippen LogP contribution in [0.5, 0.6) is 0 Å². The predicted octanol–water partition coefficient (Wildman–Crippen LogP) is 3.48. The quantitative estimate of drug-likeness (QED) is 0.515. The molecule has 3 aromatic rings. The van der Waals surface area contributed by atoms with E-state index in [1.807, 2.05) is 49.7 Å². The average Bonchev–Trinajstić information content (AvgIpc) is 3.04. The molecule has 0 aliphatic rings. The van der Waals surface area contributed by atoms with Crippen LogP contribution < -0.4 is 0 Å². The van der Waals surface area contributed by atoms with Gasteiger partial charge in [-0.05, 0) is 39.8 Å². The fraction of sp³-hybridized carbons (Fsp3) is 0.333. The van der Waals surface area contributed by atoms with Gasteiger partial charge in [-0.3, -0.25) is 4.79 Å². The Labute approximate surface area is 150 Å². The largest absolute Gasteiger partial charge is 0.465 e. The lowest BCUT2D eigenvalue weighted by atomic mass is 10.2. The van der Waals surface area contributed by atoms with Crippen LogP contribution in [0.1, 0.15) is 25.1 Å². The second kappa shape index (κ2) is 7.23. The number of aromatic nitrogens is 4. The molecule has 2 aromatic heterocycles. The molecule has 2 heterocycles. The normalized spacial score (nSPS) is 12.3. The van der Waals surface area contributed by atoms with Crippen LogP contribution in [0.25, 0.3) is 16.6 Å². The van der Waals surface area contributed by atoms with Crippen LogP contribution in [0.2, 0.25) is 0 Å². The van der Waals surface area contributed by atoms with Gasteiger partial charge in [0, 0.05) is 5.39 Å². The summed E-state index contributed by atoms with van der Waals surface area (Å²) >= 11 is 1.34. The lowest BCUT2D eigenvalue weighted by Gasteiger charge is -2.12. The average molecular weight is 356 g/mol. The summed E-state index contributed by atoms with van der Waals surface area (Å²) < 4.78 is 6.93. The molecule has 130 valence electrons. The number of hydrogen-bond donors (Lipinski definition) is 0. The Morgan fingerprint density at radius 1 is 1.24 bits per heavy atom. The van der Waals surface area contributed by atoms with Crippen LogP contribution in [-0.2, 0) is 9.53 Å². The summed E-state index contributed by atoms with van der Waals surface area (Å²) in [7, 11) is 0. The molecule has 0 saturated heterocycles. The van der Waals surface area contributed by atoms with Crippen LogP contribution in [-0.4, -0.2) is 37.8 Å². The highest BCUT2D eigenvalue weighted by molar-refractivity contribution is 8.00. The van der Waals surface area contributed by atoms with Crippen LogP contribution in [0.15, 0.2) is 35.5 Å². The van der Waals surface area contributed by atoms with Crippen molar-refractivity contribution in [3.63, 3.8) is 0 Å². The SMILES string of the molecule is CCOC(=O)C(C)Sc1nnc(C)c2cnn(-c3ccc(C)cc3)c12.